The maximum Gasteiger partial charge on any atom is 0.416 e. The number of aromatic nitrogens is 2. The van der Waals surface area contributed by atoms with Crippen LogP contribution in [0.15, 0.2) is 42.6 Å². The molecule has 8 heteroatoms. The van der Waals surface area contributed by atoms with Crippen molar-refractivity contribution in [3.05, 3.63) is 48.2 Å². The minimum absolute atomic E-state index is 0.0697. The lowest BCUT2D eigenvalue weighted by atomic mass is 10.2. The van der Waals surface area contributed by atoms with Crippen LogP contribution in [0.5, 0.6) is 11.6 Å². The van der Waals surface area contributed by atoms with Gasteiger partial charge in [0.25, 0.3) is 6.47 Å². The van der Waals surface area contributed by atoms with E-state index in [9.17, 15) is 13.2 Å². The van der Waals surface area contributed by atoms with Crippen LogP contribution in [0.2, 0.25) is 0 Å². The predicted octanol–water partition coefficient (Wildman–Crippen LogP) is 2.99. The van der Waals surface area contributed by atoms with Crippen LogP contribution in [0.3, 0.4) is 0 Å². The van der Waals surface area contributed by atoms with E-state index in [0.717, 1.165) is 12.1 Å². The molecule has 0 atom stereocenters. The minimum Gasteiger partial charge on any atom is -0.483 e. The van der Waals surface area contributed by atoms with Crippen molar-refractivity contribution in [2.45, 2.75) is 6.18 Å². The lowest BCUT2D eigenvalue weighted by molar-refractivity contribution is -0.137. The molecule has 0 unspecified atom stereocenters. The van der Waals surface area contributed by atoms with Gasteiger partial charge in [-0.3, -0.25) is 4.79 Å². The predicted molar refractivity (Wildman–Crippen MR) is 62.2 cm³/mol. The van der Waals surface area contributed by atoms with E-state index >= 15 is 0 Å². The van der Waals surface area contributed by atoms with Crippen LogP contribution in [-0.2, 0) is 11.0 Å². The minimum atomic E-state index is -4.39. The number of carbonyl (C=O) groups is 1. The summed E-state index contributed by atoms with van der Waals surface area (Å²) in [6.07, 6.45) is -2.94. The molecule has 0 saturated carbocycles. The fourth-order valence-corrected chi connectivity index (χ4v) is 1.20. The Balaban J connectivity index is 0.000000612. The van der Waals surface area contributed by atoms with Gasteiger partial charge in [0.2, 0.25) is 5.88 Å². The molecule has 1 heterocycles. The highest BCUT2D eigenvalue weighted by Gasteiger charge is 2.30. The highest BCUT2D eigenvalue weighted by Crippen LogP contribution is 2.32. The molecule has 1 aromatic heterocycles. The standard InChI is InChI=1S/C11H7F3N2O.CH2O2/c12-11(13,14)8-3-1-4-9(7-8)17-10-5-2-6-15-16-10;2-1-3/h1-7H;1H,(H,2,3). The summed E-state index contributed by atoms with van der Waals surface area (Å²) in [4.78, 5) is 8.36. The molecular weight excluding hydrogens is 277 g/mol. The molecule has 0 radical (unpaired) electrons. The van der Waals surface area contributed by atoms with Crippen molar-refractivity contribution in [3.8, 4) is 11.6 Å². The third kappa shape index (κ3) is 4.92. The summed E-state index contributed by atoms with van der Waals surface area (Å²) in [5, 5.41) is 14.1. The lowest BCUT2D eigenvalue weighted by Gasteiger charge is -2.08. The Labute approximate surface area is 111 Å². The van der Waals surface area contributed by atoms with Gasteiger partial charge in [-0.2, -0.15) is 18.3 Å². The number of hydrogen-bond acceptors (Lipinski definition) is 4. The molecule has 1 aromatic carbocycles. The first-order valence-corrected chi connectivity index (χ1v) is 5.18. The Morgan fingerprint density at radius 2 is 1.90 bits per heavy atom. The van der Waals surface area contributed by atoms with E-state index in [1.54, 1.807) is 6.07 Å². The SMILES string of the molecule is FC(F)(F)c1cccc(Oc2cccnn2)c1.O=CO. The van der Waals surface area contributed by atoms with Gasteiger partial charge < -0.3 is 9.84 Å². The molecule has 2 aromatic rings. The van der Waals surface area contributed by atoms with Crippen molar-refractivity contribution in [2.24, 2.45) is 0 Å². The number of halogens is 3. The van der Waals surface area contributed by atoms with Gasteiger partial charge in [-0.25, -0.2) is 0 Å². The molecule has 0 aliphatic heterocycles. The smallest absolute Gasteiger partial charge is 0.416 e. The molecule has 2 rings (SSSR count). The summed E-state index contributed by atoms with van der Waals surface area (Å²) in [6.45, 7) is -0.250. The topological polar surface area (TPSA) is 72.3 Å². The first kappa shape index (κ1) is 15.4. The van der Waals surface area contributed by atoms with Crippen molar-refractivity contribution in [3.63, 3.8) is 0 Å². The van der Waals surface area contributed by atoms with Crippen molar-refractivity contribution in [1.82, 2.24) is 10.2 Å². The summed E-state index contributed by atoms with van der Waals surface area (Å²) < 4.78 is 42.4. The third-order valence-electron chi connectivity index (χ3n) is 1.93. The van der Waals surface area contributed by atoms with E-state index in [1.807, 2.05) is 0 Å². The van der Waals surface area contributed by atoms with Crippen molar-refractivity contribution >= 4 is 6.47 Å². The summed E-state index contributed by atoms with van der Waals surface area (Å²) in [5.74, 6) is 0.215. The number of nitrogens with zero attached hydrogens (tertiary/aromatic N) is 2. The summed E-state index contributed by atoms with van der Waals surface area (Å²) in [6, 6.07) is 7.67. The van der Waals surface area contributed by atoms with Crippen LogP contribution in [0, 0.1) is 0 Å². The average Bonchev–Trinajstić information content (AvgIpc) is 2.40. The van der Waals surface area contributed by atoms with Gasteiger partial charge in [0.05, 0.1) is 5.56 Å². The van der Waals surface area contributed by atoms with Crippen LogP contribution in [-0.4, -0.2) is 21.8 Å². The van der Waals surface area contributed by atoms with Crippen molar-refractivity contribution < 1.29 is 27.8 Å². The second kappa shape index (κ2) is 7.07. The highest BCUT2D eigenvalue weighted by molar-refractivity contribution is 5.33. The fourth-order valence-electron chi connectivity index (χ4n) is 1.20. The maximum atomic E-state index is 12.4. The van der Waals surface area contributed by atoms with E-state index in [4.69, 9.17) is 14.6 Å². The Morgan fingerprint density at radius 3 is 2.45 bits per heavy atom. The zero-order chi connectivity index (χ0) is 15.0. The lowest BCUT2D eigenvalue weighted by Crippen LogP contribution is -2.04. The molecule has 0 spiro atoms. The molecule has 5 nitrogen and oxygen atoms in total. The molecule has 0 aliphatic carbocycles. The number of ether oxygens (including phenoxy) is 1. The van der Waals surface area contributed by atoms with E-state index in [0.29, 0.717) is 0 Å². The fraction of sp³-hybridized carbons (Fsp3) is 0.0833. The Morgan fingerprint density at radius 1 is 1.20 bits per heavy atom. The van der Waals surface area contributed by atoms with E-state index in [1.165, 1.54) is 24.4 Å². The number of hydrogen-bond donors (Lipinski definition) is 1. The van der Waals surface area contributed by atoms with E-state index < -0.39 is 11.7 Å². The molecule has 106 valence electrons. The number of benzene rings is 1. The van der Waals surface area contributed by atoms with Gasteiger partial charge in [-0.05, 0) is 24.3 Å². The van der Waals surface area contributed by atoms with Gasteiger partial charge in [0.15, 0.2) is 0 Å². The van der Waals surface area contributed by atoms with Crippen LogP contribution >= 0.6 is 0 Å². The maximum absolute atomic E-state index is 12.4. The second-order valence-electron chi connectivity index (χ2n) is 3.29. The van der Waals surface area contributed by atoms with E-state index in [-0.39, 0.29) is 18.1 Å². The van der Waals surface area contributed by atoms with Crippen LogP contribution < -0.4 is 4.74 Å². The van der Waals surface area contributed by atoms with Crippen LogP contribution in [0.1, 0.15) is 5.56 Å². The first-order valence-electron chi connectivity index (χ1n) is 5.18. The van der Waals surface area contributed by atoms with Crippen LogP contribution in [0.4, 0.5) is 13.2 Å². The normalized spacial score (nSPS) is 10.2. The molecule has 20 heavy (non-hydrogen) atoms. The molecule has 0 aliphatic rings. The van der Waals surface area contributed by atoms with E-state index in [2.05, 4.69) is 10.2 Å². The van der Waals surface area contributed by atoms with Crippen molar-refractivity contribution in [2.75, 3.05) is 0 Å². The zero-order valence-corrected chi connectivity index (χ0v) is 9.91. The Hall–Kier alpha value is -2.64. The highest BCUT2D eigenvalue weighted by atomic mass is 19.4. The molecule has 1 N–H and O–H groups in total. The summed E-state index contributed by atoms with van der Waals surface area (Å²) in [7, 11) is 0. The van der Waals surface area contributed by atoms with Gasteiger partial charge in [0.1, 0.15) is 5.75 Å². The number of carboxylic acid groups (broad SMARTS) is 1. The molecular formula is C12H9F3N2O3. The quantitative estimate of drug-likeness (QED) is 0.859. The number of rotatable bonds is 2. The largest absolute Gasteiger partial charge is 0.483 e. The first-order chi connectivity index (χ1) is 9.47. The van der Waals surface area contributed by atoms with Gasteiger partial charge in [-0.15, -0.1) is 5.10 Å². The summed E-state index contributed by atoms with van der Waals surface area (Å²) in [5.41, 5.74) is -0.765. The van der Waals surface area contributed by atoms with Gasteiger partial charge in [-0.1, -0.05) is 6.07 Å². The van der Waals surface area contributed by atoms with Gasteiger partial charge in [0, 0.05) is 12.3 Å². The summed E-state index contributed by atoms with van der Waals surface area (Å²) >= 11 is 0. The molecule has 0 fully saturated rings. The Bertz CT molecular complexity index is 547. The Kier molecular flexibility index (Phi) is 5.45. The third-order valence-corrected chi connectivity index (χ3v) is 1.93. The second-order valence-corrected chi connectivity index (χ2v) is 3.29. The van der Waals surface area contributed by atoms with Gasteiger partial charge >= 0.3 is 6.18 Å². The van der Waals surface area contributed by atoms with Crippen molar-refractivity contribution in [1.29, 1.82) is 0 Å². The number of alkyl halides is 3. The zero-order valence-electron chi connectivity index (χ0n) is 9.91. The molecule has 0 bridgehead atoms. The monoisotopic (exact) mass is 286 g/mol. The molecule has 0 saturated heterocycles. The average molecular weight is 286 g/mol. The van der Waals surface area contributed by atoms with Crippen LogP contribution in [0.25, 0.3) is 0 Å². The molecule has 0 amide bonds.